The van der Waals surface area contributed by atoms with Gasteiger partial charge < -0.3 is 5.32 Å². The molecule has 0 aromatic heterocycles. The smallest absolute Gasteiger partial charge is 0.322 e. The Morgan fingerprint density at radius 3 is 2.09 bits per heavy atom. The van der Waals surface area contributed by atoms with E-state index in [0.717, 1.165) is 24.3 Å². The SMILES string of the molecule is N#Cc1ccc(NC(=O)c2ccc(S(=O)(=O)C(F)F)cc2)cc1. The van der Waals surface area contributed by atoms with Crippen molar-refractivity contribution in [2.75, 3.05) is 5.32 Å². The lowest BCUT2D eigenvalue weighted by Crippen LogP contribution is -2.14. The molecule has 118 valence electrons. The van der Waals surface area contributed by atoms with Gasteiger partial charge in [-0.05, 0) is 48.5 Å². The lowest BCUT2D eigenvalue weighted by Gasteiger charge is -2.07. The van der Waals surface area contributed by atoms with Crippen molar-refractivity contribution >= 4 is 21.4 Å². The second-order valence-electron chi connectivity index (χ2n) is 4.47. The van der Waals surface area contributed by atoms with Crippen LogP contribution in [-0.2, 0) is 9.84 Å². The van der Waals surface area contributed by atoms with Crippen molar-refractivity contribution in [2.45, 2.75) is 10.7 Å². The maximum absolute atomic E-state index is 12.4. The molecule has 0 aliphatic heterocycles. The number of anilines is 1. The normalized spacial score (nSPS) is 11.0. The van der Waals surface area contributed by atoms with Gasteiger partial charge in [0.15, 0.2) is 0 Å². The molecule has 0 fully saturated rings. The topological polar surface area (TPSA) is 87.0 Å². The summed E-state index contributed by atoms with van der Waals surface area (Å²) < 4.78 is 47.4. The van der Waals surface area contributed by atoms with Gasteiger partial charge in [0.05, 0.1) is 16.5 Å². The van der Waals surface area contributed by atoms with E-state index in [4.69, 9.17) is 5.26 Å². The Morgan fingerprint density at radius 1 is 1.04 bits per heavy atom. The summed E-state index contributed by atoms with van der Waals surface area (Å²) >= 11 is 0. The zero-order valence-electron chi connectivity index (χ0n) is 11.5. The molecule has 0 radical (unpaired) electrons. The first-order valence-corrected chi connectivity index (χ1v) is 7.83. The summed E-state index contributed by atoms with van der Waals surface area (Å²) in [6, 6.07) is 12.3. The molecule has 8 heteroatoms. The molecular formula is C15H10F2N2O3S. The number of hydrogen-bond donors (Lipinski definition) is 1. The van der Waals surface area contributed by atoms with Crippen LogP contribution in [0.4, 0.5) is 14.5 Å². The molecule has 23 heavy (non-hydrogen) atoms. The average Bonchev–Trinajstić information content (AvgIpc) is 2.55. The van der Waals surface area contributed by atoms with Crippen LogP contribution in [0.5, 0.6) is 0 Å². The van der Waals surface area contributed by atoms with Crippen LogP contribution < -0.4 is 5.32 Å². The lowest BCUT2D eigenvalue weighted by molar-refractivity contribution is 0.102. The van der Waals surface area contributed by atoms with E-state index < -0.39 is 26.4 Å². The van der Waals surface area contributed by atoms with Crippen molar-refractivity contribution in [3.05, 3.63) is 59.7 Å². The molecule has 0 unspecified atom stereocenters. The molecule has 0 atom stereocenters. The highest BCUT2D eigenvalue weighted by Crippen LogP contribution is 2.19. The zero-order valence-corrected chi connectivity index (χ0v) is 12.3. The van der Waals surface area contributed by atoms with E-state index in [0.29, 0.717) is 11.3 Å². The summed E-state index contributed by atoms with van der Waals surface area (Å²) in [5.41, 5.74) is 0.991. The van der Waals surface area contributed by atoms with Crippen molar-refractivity contribution in [3.8, 4) is 6.07 Å². The van der Waals surface area contributed by atoms with E-state index in [-0.39, 0.29) is 5.56 Å². The first kappa shape index (κ1) is 16.6. The van der Waals surface area contributed by atoms with Crippen LogP contribution in [0.2, 0.25) is 0 Å². The largest absolute Gasteiger partial charge is 0.341 e. The van der Waals surface area contributed by atoms with Gasteiger partial charge in [-0.15, -0.1) is 0 Å². The van der Waals surface area contributed by atoms with Crippen LogP contribution in [0.1, 0.15) is 15.9 Å². The summed E-state index contributed by atoms with van der Waals surface area (Å²) in [7, 11) is -4.68. The van der Waals surface area contributed by atoms with Gasteiger partial charge in [0.1, 0.15) is 0 Å². The number of alkyl halides is 2. The van der Waals surface area contributed by atoms with Gasteiger partial charge in [0.2, 0.25) is 9.84 Å². The zero-order chi connectivity index (χ0) is 17.0. The molecule has 0 saturated carbocycles. The molecule has 1 amide bonds. The van der Waals surface area contributed by atoms with E-state index in [2.05, 4.69) is 5.32 Å². The highest BCUT2D eigenvalue weighted by molar-refractivity contribution is 7.91. The van der Waals surface area contributed by atoms with E-state index in [1.807, 2.05) is 6.07 Å². The Bertz CT molecular complexity index is 855. The fourth-order valence-electron chi connectivity index (χ4n) is 1.73. The Kier molecular flexibility index (Phi) is 4.71. The molecule has 2 aromatic carbocycles. The molecule has 5 nitrogen and oxygen atoms in total. The minimum atomic E-state index is -4.68. The van der Waals surface area contributed by atoms with Crippen LogP contribution in [0.25, 0.3) is 0 Å². The monoisotopic (exact) mass is 336 g/mol. The summed E-state index contributed by atoms with van der Waals surface area (Å²) in [5.74, 6) is -4.04. The third kappa shape index (κ3) is 3.70. The van der Waals surface area contributed by atoms with Crippen molar-refractivity contribution in [2.24, 2.45) is 0 Å². The number of halogens is 2. The summed E-state index contributed by atoms with van der Waals surface area (Å²) in [6.45, 7) is 0. The van der Waals surface area contributed by atoms with E-state index >= 15 is 0 Å². The first-order chi connectivity index (χ1) is 10.8. The predicted octanol–water partition coefficient (Wildman–Crippen LogP) is 2.81. The Labute approximate surface area is 131 Å². The van der Waals surface area contributed by atoms with Gasteiger partial charge >= 0.3 is 5.76 Å². The molecule has 2 aromatic rings. The fourth-order valence-corrected chi connectivity index (χ4v) is 2.45. The fraction of sp³-hybridized carbons (Fsp3) is 0.0667. The molecule has 0 aliphatic carbocycles. The van der Waals surface area contributed by atoms with Gasteiger partial charge in [-0.1, -0.05) is 0 Å². The molecular weight excluding hydrogens is 326 g/mol. The average molecular weight is 336 g/mol. The summed E-state index contributed by atoms with van der Waals surface area (Å²) in [6.07, 6.45) is 0. The third-order valence-corrected chi connectivity index (χ3v) is 4.35. The standard InChI is InChI=1S/C15H10F2N2O3S/c16-15(17)23(21,22)13-7-3-11(4-8-13)14(20)19-12-5-1-10(9-18)2-6-12/h1-8,15H,(H,19,20). The number of amides is 1. The Hall–Kier alpha value is -2.79. The number of sulfone groups is 1. The predicted molar refractivity (Wildman–Crippen MR) is 78.7 cm³/mol. The molecule has 0 aliphatic rings. The van der Waals surface area contributed by atoms with Crippen LogP contribution >= 0.6 is 0 Å². The molecule has 2 rings (SSSR count). The van der Waals surface area contributed by atoms with Crippen LogP contribution in [0.3, 0.4) is 0 Å². The molecule has 0 heterocycles. The van der Waals surface area contributed by atoms with Crippen LogP contribution in [0, 0.1) is 11.3 Å². The lowest BCUT2D eigenvalue weighted by atomic mass is 10.2. The first-order valence-electron chi connectivity index (χ1n) is 6.28. The maximum atomic E-state index is 12.4. The van der Waals surface area contributed by atoms with Crippen molar-refractivity contribution in [1.29, 1.82) is 5.26 Å². The molecule has 0 spiro atoms. The minimum Gasteiger partial charge on any atom is -0.322 e. The Morgan fingerprint density at radius 2 is 1.61 bits per heavy atom. The minimum absolute atomic E-state index is 0.113. The quantitative estimate of drug-likeness (QED) is 0.930. The molecule has 0 saturated heterocycles. The van der Waals surface area contributed by atoms with Gasteiger partial charge in [0, 0.05) is 11.3 Å². The van der Waals surface area contributed by atoms with Gasteiger partial charge in [-0.25, -0.2) is 8.42 Å². The van der Waals surface area contributed by atoms with Gasteiger partial charge in [-0.2, -0.15) is 14.0 Å². The van der Waals surface area contributed by atoms with E-state index in [9.17, 15) is 22.0 Å². The number of carbonyl (C=O) groups is 1. The number of rotatable bonds is 4. The summed E-state index contributed by atoms with van der Waals surface area (Å²) in [4.78, 5) is 11.4. The van der Waals surface area contributed by atoms with Gasteiger partial charge in [0.25, 0.3) is 5.91 Å². The second kappa shape index (κ2) is 6.54. The van der Waals surface area contributed by atoms with E-state index in [1.54, 1.807) is 0 Å². The highest BCUT2D eigenvalue weighted by Gasteiger charge is 2.26. The second-order valence-corrected chi connectivity index (χ2v) is 6.39. The number of nitrogens with zero attached hydrogens (tertiary/aromatic N) is 1. The number of nitrogens with one attached hydrogen (secondary N) is 1. The molecule has 0 bridgehead atoms. The summed E-state index contributed by atoms with van der Waals surface area (Å²) in [5, 5.41) is 11.2. The maximum Gasteiger partial charge on any atom is 0.341 e. The number of carbonyl (C=O) groups excluding carboxylic acids is 1. The Balaban J connectivity index is 2.16. The van der Waals surface area contributed by atoms with Crippen LogP contribution in [0.15, 0.2) is 53.4 Å². The van der Waals surface area contributed by atoms with E-state index in [1.165, 1.54) is 24.3 Å². The highest BCUT2D eigenvalue weighted by atomic mass is 32.2. The number of hydrogen-bond acceptors (Lipinski definition) is 4. The van der Waals surface area contributed by atoms with Crippen molar-refractivity contribution in [3.63, 3.8) is 0 Å². The van der Waals surface area contributed by atoms with Gasteiger partial charge in [-0.3, -0.25) is 4.79 Å². The third-order valence-electron chi connectivity index (χ3n) is 2.95. The van der Waals surface area contributed by atoms with Crippen molar-refractivity contribution in [1.82, 2.24) is 0 Å². The van der Waals surface area contributed by atoms with Crippen molar-refractivity contribution < 1.29 is 22.0 Å². The molecule has 1 N–H and O–H groups in total. The number of nitriles is 1. The van der Waals surface area contributed by atoms with Crippen LogP contribution in [-0.4, -0.2) is 20.1 Å². The number of benzene rings is 2.